The first-order valence-corrected chi connectivity index (χ1v) is 6.56. The van der Waals surface area contributed by atoms with Crippen molar-refractivity contribution in [3.8, 4) is 0 Å². The molecule has 3 rings (SSSR count). The monoisotopic (exact) mass is 246 g/mol. The Labute approximate surface area is 106 Å². The van der Waals surface area contributed by atoms with Gasteiger partial charge in [-0.2, -0.15) is 0 Å². The summed E-state index contributed by atoms with van der Waals surface area (Å²) in [4.78, 5) is 16.3. The van der Waals surface area contributed by atoms with Crippen LogP contribution in [0.4, 0.5) is 0 Å². The van der Waals surface area contributed by atoms with Gasteiger partial charge in [0.25, 0.3) is 0 Å². The molecule has 1 aliphatic rings. The third-order valence-electron chi connectivity index (χ3n) is 3.40. The molecule has 1 aliphatic carbocycles. The molecular weight excluding hydrogens is 228 g/mol. The smallest absolute Gasteiger partial charge is 0.328 e. The minimum absolute atomic E-state index is 0.0698. The van der Waals surface area contributed by atoms with Gasteiger partial charge in [-0.15, -0.1) is 0 Å². The highest BCUT2D eigenvalue weighted by Crippen LogP contribution is 2.35. The highest BCUT2D eigenvalue weighted by atomic mass is 16.1. The maximum Gasteiger partial charge on any atom is 0.328 e. The summed E-state index contributed by atoms with van der Waals surface area (Å²) in [6.45, 7) is 3.48. The maximum atomic E-state index is 12.1. The number of hydrogen-bond acceptors (Lipinski definition) is 2. The number of rotatable bonds is 5. The molecule has 0 N–H and O–H groups in total. The van der Waals surface area contributed by atoms with Crippen molar-refractivity contribution in [2.75, 3.05) is 0 Å². The second-order valence-corrected chi connectivity index (χ2v) is 4.93. The lowest BCUT2D eigenvalue weighted by Gasteiger charge is -2.06. The largest absolute Gasteiger partial charge is 0.330 e. The molecule has 2 heterocycles. The SMILES string of the molecule is CCCn1ccn(Cc2cncn2C2CC2)c1=O. The zero-order valence-electron chi connectivity index (χ0n) is 10.6. The fourth-order valence-electron chi connectivity index (χ4n) is 2.30. The number of imidazole rings is 2. The van der Waals surface area contributed by atoms with E-state index in [0.717, 1.165) is 18.7 Å². The maximum absolute atomic E-state index is 12.1. The Hall–Kier alpha value is -1.78. The molecule has 0 aliphatic heterocycles. The average molecular weight is 246 g/mol. The van der Waals surface area contributed by atoms with Gasteiger partial charge in [0.2, 0.25) is 0 Å². The molecule has 5 nitrogen and oxygen atoms in total. The normalized spacial score (nSPS) is 15.2. The number of nitrogens with zero attached hydrogens (tertiary/aromatic N) is 4. The molecule has 0 unspecified atom stereocenters. The molecule has 5 heteroatoms. The van der Waals surface area contributed by atoms with E-state index < -0.39 is 0 Å². The zero-order valence-corrected chi connectivity index (χ0v) is 10.6. The van der Waals surface area contributed by atoms with Gasteiger partial charge in [-0.25, -0.2) is 9.78 Å². The van der Waals surface area contributed by atoms with E-state index in [4.69, 9.17) is 0 Å². The molecule has 18 heavy (non-hydrogen) atoms. The molecule has 0 aromatic carbocycles. The van der Waals surface area contributed by atoms with Gasteiger partial charge in [0.1, 0.15) is 0 Å². The number of aryl methyl sites for hydroxylation is 1. The topological polar surface area (TPSA) is 44.8 Å². The standard InChI is InChI=1S/C13H18N4O/c1-2-5-15-6-7-16(13(15)18)9-12-8-14-10-17(12)11-3-4-11/h6-8,10-11H,2-5,9H2,1H3. The molecule has 96 valence electrons. The molecule has 0 bridgehead atoms. The van der Waals surface area contributed by atoms with E-state index in [1.54, 1.807) is 9.13 Å². The Balaban J connectivity index is 1.83. The van der Waals surface area contributed by atoms with Crippen LogP contribution >= 0.6 is 0 Å². The van der Waals surface area contributed by atoms with Crippen LogP contribution in [0.25, 0.3) is 0 Å². The summed E-state index contributed by atoms with van der Waals surface area (Å²) in [6.07, 6.45) is 10.9. The summed E-state index contributed by atoms with van der Waals surface area (Å²) in [5, 5.41) is 0. The summed E-state index contributed by atoms with van der Waals surface area (Å²) in [5.74, 6) is 0. The molecular formula is C13H18N4O. The quantitative estimate of drug-likeness (QED) is 0.805. The lowest BCUT2D eigenvalue weighted by Crippen LogP contribution is -2.25. The van der Waals surface area contributed by atoms with Crippen LogP contribution in [0.15, 0.2) is 29.7 Å². The minimum atomic E-state index is 0.0698. The Morgan fingerprint density at radius 1 is 1.33 bits per heavy atom. The molecule has 1 saturated carbocycles. The molecule has 2 aromatic rings. The van der Waals surface area contributed by atoms with Crippen molar-refractivity contribution < 1.29 is 0 Å². The van der Waals surface area contributed by atoms with Crippen molar-refractivity contribution >= 4 is 0 Å². The van der Waals surface area contributed by atoms with Gasteiger partial charge < -0.3 is 4.57 Å². The lowest BCUT2D eigenvalue weighted by atomic mass is 10.4. The highest BCUT2D eigenvalue weighted by molar-refractivity contribution is 5.04. The molecule has 0 spiro atoms. The van der Waals surface area contributed by atoms with Crippen molar-refractivity contribution in [3.05, 3.63) is 41.1 Å². The van der Waals surface area contributed by atoms with Gasteiger partial charge in [0.15, 0.2) is 0 Å². The van der Waals surface area contributed by atoms with Crippen LogP contribution < -0.4 is 5.69 Å². The van der Waals surface area contributed by atoms with Crippen molar-refractivity contribution in [3.63, 3.8) is 0 Å². The van der Waals surface area contributed by atoms with Crippen LogP contribution in [-0.2, 0) is 13.1 Å². The van der Waals surface area contributed by atoms with E-state index in [2.05, 4.69) is 16.5 Å². The third-order valence-corrected chi connectivity index (χ3v) is 3.40. The van der Waals surface area contributed by atoms with E-state index in [0.29, 0.717) is 12.6 Å². The predicted molar refractivity (Wildman–Crippen MR) is 68.6 cm³/mol. The molecule has 0 radical (unpaired) electrons. The molecule has 0 atom stereocenters. The molecule has 0 amide bonds. The summed E-state index contributed by atoms with van der Waals surface area (Å²) >= 11 is 0. The Kier molecular flexibility index (Phi) is 2.81. The van der Waals surface area contributed by atoms with E-state index in [9.17, 15) is 4.79 Å². The first-order valence-electron chi connectivity index (χ1n) is 6.56. The van der Waals surface area contributed by atoms with Gasteiger partial charge in [0.05, 0.1) is 18.6 Å². The first kappa shape index (κ1) is 11.3. The molecule has 1 fully saturated rings. The van der Waals surface area contributed by atoms with Crippen LogP contribution in [0.5, 0.6) is 0 Å². The number of hydrogen-bond donors (Lipinski definition) is 0. The van der Waals surface area contributed by atoms with Crippen molar-refractivity contribution in [2.24, 2.45) is 0 Å². The number of aromatic nitrogens is 4. The van der Waals surface area contributed by atoms with E-state index in [1.807, 2.05) is 24.9 Å². The van der Waals surface area contributed by atoms with Crippen LogP contribution in [0, 0.1) is 0 Å². The van der Waals surface area contributed by atoms with E-state index in [-0.39, 0.29) is 5.69 Å². The predicted octanol–water partition coefficient (Wildman–Crippen LogP) is 1.64. The Morgan fingerprint density at radius 3 is 2.83 bits per heavy atom. The second-order valence-electron chi connectivity index (χ2n) is 4.93. The Morgan fingerprint density at radius 2 is 2.11 bits per heavy atom. The second kappa shape index (κ2) is 4.48. The van der Waals surface area contributed by atoms with Gasteiger partial charge >= 0.3 is 5.69 Å². The summed E-state index contributed by atoms with van der Waals surface area (Å²) in [7, 11) is 0. The fraction of sp³-hybridized carbons (Fsp3) is 0.538. The van der Waals surface area contributed by atoms with Crippen molar-refractivity contribution in [2.45, 2.75) is 45.3 Å². The zero-order chi connectivity index (χ0) is 12.5. The highest BCUT2D eigenvalue weighted by Gasteiger charge is 2.25. The minimum Gasteiger partial charge on any atom is -0.330 e. The van der Waals surface area contributed by atoms with Gasteiger partial charge in [-0.05, 0) is 19.3 Å². The molecule has 2 aromatic heterocycles. The van der Waals surface area contributed by atoms with Crippen LogP contribution in [0.3, 0.4) is 0 Å². The summed E-state index contributed by atoms with van der Waals surface area (Å²) < 4.78 is 5.72. The summed E-state index contributed by atoms with van der Waals surface area (Å²) in [6, 6.07) is 0.607. The fourth-order valence-corrected chi connectivity index (χ4v) is 2.30. The first-order chi connectivity index (χ1) is 8.79. The van der Waals surface area contributed by atoms with E-state index >= 15 is 0 Å². The van der Waals surface area contributed by atoms with Crippen LogP contribution in [0.1, 0.15) is 37.9 Å². The van der Waals surface area contributed by atoms with Crippen molar-refractivity contribution in [1.82, 2.24) is 18.7 Å². The van der Waals surface area contributed by atoms with E-state index in [1.165, 1.54) is 12.8 Å². The van der Waals surface area contributed by atoms with Gasteiger partial charge in [0, 0.05) is 31.2 Å². The van der Waals surface area contributed by atoms with Crippen molar-refractivity contribution in [1.29, 1.82) is 0 Å². The van der Waals surface area contributed by atoms with Gasteiger partial charge in [-0.3, -0.25) is 9.13 Å². The Bertz CT molecular complexity index is 588. The van der Waals surface area contributed by atoms with Gasteiger partial charge in [-0.1, -0.05) is 6.92 Å². The molecule has 0 saturated heterocycles. The average Bonchev–Trinajstić information content (AvgIpc) is 3.03. The van der Waals surface area contributed by atoms with Crippen LogP contribution in [0.2, 0.25) is 0 Å². The lowest BCUT2D eigenvalue weighted by molar-refractivity contribution is 0.603. The van der Waals surface area contributed by atoms with Crippen LogP contribution in [-0.4, -0.2) is 18.7 Å². The third kappa shape index (κ3) is 2.00. The summed E-state index contributed by atoms with van der Waals surface area (Å²) in [5.41, 5.74) is 1.19.